The lowest BCUT2D eigenvalue weighted by Crippen LogP contribution is -2.25. The standard InChI is InChI=1S/C21H34NO8PS/c1-16(2)29-31(23,30-17(3)4)22-21(32)18-5-6-19-20(15-18)28-14-12-26-10-8-24-7-9-25-11-13-27-19/h5-6,15-17H,7-14H2,1-4H3,(H,22,23,32). The fourth-order valence-corrected chi connectivity index (χ4v) is 4.77. The molecule has 11 heteroatoms. The molecule has 1 heterocycles. The van der Waals surface area contributed by atoms with Gasteiger partial charge in [-0.1, -0.05) is 12.2 Å². The van der Waals surface area contributed by atoms with Crippen LogP contribution in [0.5, 0.6) is 11.5 Å². The number of benzene rings is 1. The van der Waals surface area contributed by atoms with Crippen LogP contribution >= 0.6 is 20.0 Å². The average Bonchev–Trinajstić information content (AvgIpc) is 2.70. The van der Waals surface area contributed by atoms with Crippen molar-refractivity contribution in [1.82, 2.24) is 5.09 Å². The Kier molecular flexibility index (Phi) is 11.9. The fourth-order valence-electron chi connectivity index (χ4n) is 2.67. The molecular weight excluding hydrogens is 457 g/mol. The van der Waals surface area contributed by atoms with Gasteiger partial charge in [-0.25, -0.2) is 4.57 Å². The highest BCUT2D eigenvalue weighted by Gasteiger charge is 2.29. The highest BCUT2D eigenvalue weighted by Crippen LogP contribution is 2.46. The zero-order valence-electron chi connectivity index (χ0n) is 19.2. The Morgan fingerprint density at radius 2 is 1.31 bits per heavy atom. The second-order valence-corrected chi connectivity index (χ2v) is 9.49. The van der Waals surface area contributed by atoms with Crippen LogP contribution in [0, 0.1) is 0 Å². The first-order chi connectivity index (χ1) is 15.3. The van der Waals surface area contributed by atoms with Gasteiger partial charge in [-0.05, 0) is 45.9 Å². The molecule has 0 saturated carbocycles. The van der Waals surface area contributed by atoms with Crippen molar-refractivity contribution in [2.45, 2.75) is 39.9 Å². The maximum Gasteiger partial charge on any atom is 0.433 e. The number of thiocarbonyl (C=S) groups is 1. The van der Waals surface area contributed by atoms with Crippen LogP contribution in [0.25, 0.3) is 0 Å². The van der Waals surface area contributed by atoms with Crippen molar-refractivity contribution in [3.05, 3.63) is 23.8 Å². The summed E-state index contributed by atoms with van der Waals surface area (Å²) in [5.74, 6) is 1.04. The molecule has 0 unspecified atom stereocenters. The Bertz CT molecular complexity index is 747. The van der Waals surface area contributed by atoms with Crippen molar-refractivity contribution in [2.75, 3.05) is 52.9 Å². The Morgan fingerprint density at radius 3 is 1.81 bits per heavy atom. The van der Waals surface area contributed by atoms with E-state index in [0.717, 1.165) is 0 Å². The van der Waals surface area contributed by atoms with Gasteiger partial charge in [-0.15, -0.1) is 0 Å². The smallest absolute Gasteiger partial charge is 0.433 e. The number of rotatable bonds is 6. The molecule has 0 atom stereocenters. The van der Waals surface area contributed by atoms with E-state index in [4.69, 9.17) is 44.9 Å². The van der Waals surface area contributed by atoms with Crippen molar-refractivity contribution < 1.29 is 37.3 Å². The van der Waals surface area contributed by atoms with Gasteiger partial charge in [-0.3, -0.25) is 14.1 Å². The van der Waals surface area contributed by atoms with Crippen LogP contribution in [-0.2, 0) is 27.8 Å². The van der Waals surface area contributed by atoms with Crippen LogP contribution < -0.4 is 14.6 Å². The summed E-state index contributed by atoms with van der Waals surface area (Å²) in [6, 6.07) is 5.23. The molecule has 0 aliphatic carbocycles. The Labute approximate surface area is 195 Å². The molecule has 1 aliphatic rings. The Morgan fingerprint density at radius 1 is 0.844 bits per heavy atom. The summed E-state index contributed by atoms with van der Waals surface area (Å²) in [4.78, 5) is 0.216. The van der Waals surface area contributed by atoms with Gasteiger partial charge in [0.25, 0.3) is 0 Å². The number of hydrogen-bond acceptors (Lipinski definition) is 9. The summed E-state index contributed by atoms with van der Waals surface area (Å²) in [5.41, 5.74) is 0.589. The lowest BCUT2D eigenvalue weighted by molar-refractivity contribution is 0.00708. The molecule has 2 rings (SSSR count). The van der Waals surface area contributed by atoms with E-state index in [-0.39, 0.29) is 17.2 Å². The summed E-state index contributed by atoms with van der Waals surface area (Å²) < 4.78 is 52.2. The Balaban J connectivity index is 2.14. The van der Waals surface area contributed by atoms with E-state index in [1.54, 1.807) is 45.9 Å². The second-order valence-electron chi connectivity index (χ2n) is 7.44. The van der Waals surface area contributed by atoms with E-state index in [2.05, 4.69) is 5.09 Å². The summed E-state index contributed by atoms with van der Waals surface area (Å²) in [7, 11) is -3.65. The molecule has 1 aromatic carbocycles. The van der Waals surface area contributed by atoms with E-state index in [9.17, 15) is 4.57 Å². The third-order valence-corrected chi connectivity index (χ3v) is 6.24. The van der Waals surface area contributed by atoms with E-state index in [0.29, 0.717) is 69.9 Å². The third-order valence-electron chi connectivity index (χ3n) is 3.86. The van der Waals surface area contributed by atoms with Gasteiger partial charge in [0.05, 0.1) is 51.8 Å². The zero-order chi connectivity index (χ0) is 23.4. The molecule has 1 aromatic rings. The summed E-state index contributed by atoms with van der Waals surface area (Å²) in [6.07, 6.45) is -0.624. The number of hydrogen-bond donors (Lipinski definition) is 1. The molecule has 0 fully saturated rings. The minimum absolute atomic E-state index is 0.216. The molecule has 0 spiro atoms. The van der Waals surface area contributed by atoms with Crippen LogP contribution in [0.4, 0.5) is 0 Å². The predicted octanol–water partition coefficient (Wildman–Crippen LogP) is 3.73. The van der Waals surface area contributed by atoms with E-state index in [1.165, 1.54) is 0 Å². The monoisotopic (exact) mass is 491 g/mol. The zero-order valence-corrected chi connectivity index (χ0v) is 20.9. The van der Waals surface area contributed by atoms with Crippen LogP contribution in [-0.4, -0.2) is 70.1 Å². The molecule has 1 aliphatic heterocycles. The fraction of sp³-hybridized carbons (Fsp3) is 0.667. The summed E-state index contributed by atoms with van der Waals surface area (Å²) in [5, 5.41) is 2.76. The predicted molar refractivity (Wildman–Crippen MR) is 125 cm³/mol. The van der Waals surface area contributed by atoms with E-state index < -0.39 is 7.75 Å². The molecular formula is C21H34NO8PS. The van der Waals surface area contributed by atoms with Gasteiger partial charge in [0.1, 0.15) is 18.2 Å². The van der Waals surface area contributed by atoms with Crippen LogP contribution in [0.3, 0.4) is 0 Å². The lowest BCUT2D eigenvalue weighted by Gasteiger charge is -2.24. The first-order valence-corrected chi connectivity index (χ1v) is 12.7. The minimum Gasteiger partial charge on any atom is -0.487 e. The van der Waals surface area contributed by atoms with Crippen molar-refractivity contribution >= 4 is 25.0 Å². The molecule has 0 bridgehead atoms. The number of ether oxygens (including phenoxy) is 5. The molecule has 0 amide bonds. The topological polar surface area (TPSA) is 93.7 Å². The third kappa shape index (κ3) is 10.1. The minimum atomic E-state index is -3.65. The van der Waals surface area contributed by atoms with Gasteiger partial charge >= 0.3 is 7.75 Å². The van der Waals surface area contributed by atoms with Crippen LogP contribution in [0.2, 0.25) is 0 Å². The van der Waals surface area contributed by atoms with Crippen LogP contribution in [0.1, 0.15) is 33.3 Å². The molecule has 0 radical (unpaired) electrons. The normalized spacial score (nSPS) is 16.9. The van der Waals surface area contributed by atoms with E-state index >= 15 is 0 Å². The molecule has 1 N–H and O–H groups in total. The van der Waals surface area contributed by atoms with Crippen molar-refractivity contribution in [3.8, 4) is 11.5 Å². The maximum absolute atomic E-state index is 13.1. The van der Waals surface area contributed by atoms with Crippen molar-refractivity contribution in [1.29, 1.82) is 0 Å². The average molecular weight is 492 g/mol. The molecule has 0 saturated heterocycles. The van der Waals surface area contributed by atoms with Gasteiger partial charge in [0.2, 0.25) is 0 Å². The molecule has 182 valence electrons. The van der Waals surface area contributed by atoms with Crippen molar-refractivity contribution in [3.63, 3.8) is 0 Å². The Hall–Kier alpha value is -1.26. The maximum atomic E-state index is 13.1. The largest absolute Gasteiger partial charge is 0.487 e. The molecule has 9 nitrogen and oxygen atoms in total. The molecule has 0 aromatic heterocycles. The van der Waals surface area contributed by atoms with Gasteiger partial charge in [0, 0.05) is 5.56 Å². The number of fused-ring (bicyclic) bond motifs is 1. The SMILES string of the molecule is CC(C)OP(=O)(NC(=S)c1ccc2c(c1)OCCOCCOCCOCCO2)OC(C)C. The van der Waals surface area contributed by atoms with Crippen molar-refractivity contribution in [2.24, 2.45) is 0 Å². The second kappa shape index (κ2) is 14.1. The van der Waals surface area contributed by atoms with Gasteiger partial charge < -0.3 is 23.7 Å². The van der Waals surface area contributed by atoms with Crippen LogP contribution in [0.15, 0.2) is 18.2 Å². The van der Waals surface area contributed by atoms with Gasteiger partial charge in [-0.2, -0.15) is 0 Å². The first kappa shape index (κ1) is 27.0. The quantitative estimate of drug-likeness (QED) is 0.469. The summed E-state index contributed by atoms with van der Waals surface area (Å²) in [6.45, 7) is 10.6. The molecule has 32 heavy (non-hydrogen) atoms. The van der Waals surface area contributed by atoms with Gasteiger partial charge in [0.15, 0.2) is 11.5 Å². The summed E-state index contributed by atoms with van der Waals surface area (Å²) >= 11 is 5.48. The highest BCUT2D eigenvalue weighted by molar-refractivity contribution is 7.81. The highest BCUT2D eigenvalue weighted by atomic mass is 32.1. The van der Waals surface area contributed by atoms with E-state index in [1.807, 2.05) is 0 Å². The number of nitrogens with one attached hydrogen (secondary N) is 1. The lowest BCUT2D eigenvalue weighted by atomic mass is 10.2. The first-order valence-electron chi connectivity index (χ1n) is 10.7.